The van der Waals surface area contributed by atoms with Crippen LogP contribution in [0, 0.1) is 6.92 Å². The third kappa shape index (κ3) is 6.10. The standard InChI is InChI=1S/C28H21F3N6OS/c1-16-5-11-22-25(35-16)33-15-34-26(22)37-23-14-20(8-12-24(23)39-21-9-6-19(32)7-10-21)36-27(38)17-3-2-4-18(13-17)28(29,30)31/h2-15H,32H2,1H3,(H,36,38)(H,33,34,35,37). The molecule has 0 aliphatic heterocycles. The summed E-state index contributed by atoms with van der Waals surface area (Å²) >= 11 is 1.46. The van der Waals surface area contributed by atoms with Crippen molar-refractivity contribution in [2.45, 2.75) is 22.9 Å². The molecule has 0 aliphatic rings. The van der Waals surface area contributed by atoms with Crippen molar-refractivity contribution < 1.29 is 18.0 Å². The van der Waals surface area contributed by atoms with Gasteiger partial charge in [-0.3, -0.25) is 4.79 Å². The minimum absolute atomic E-state index is 0.108. The Morgan fingerprint density at radius 3 is 2.51 bits per heavy atom. The van der Waals surface area contributed by atoms with Gasteiger partial charge in [-0.1, -0.05) is 17.8 Å². The number of aromatic nitrogens is 3. The van der Waals surface area contributed by atoms with Gasteiger partial charge in [-0.05, 0) is 79.7 Å². The molecule has 11 heteroatoms. The van der Waals surface area contributed by atoms with E-state index in [0.29, 0.717) is 33.9 Å². The Labute approximate surface area is 225 Å². The molecule has 3 aromatic carbocycles. The number of nitrogens with one attached hydrogen (secondary N) is 2. The number of alkyl halides is 3. The molecule has 0 aliphatic carbocycles. The lowest BCUT2D eigenvalue weighted by Crippen LogP contribution is -2.14. The first-order valence-electron chi connectivity index (χ1n) is 11.7. The van der Waals surface area contributed by atoms with Crippen LogP contribution >= 0.6 is 11.8 Å². The average Bonchev–Trinajstić information content (AvgIpc) is 2.91. The van der Waals surface area contributed by atoms with Gasteiger partial charge in [0, 0.05) is 32.4 Å². The average molecular weight is 547 g/mol. The van der Waals surface area contributed by atoms with E-state index >= 15 is 0 Å². The summed E-state index contributed by atoms with van der Waals surface area (Å²) in [6, 6.07) is 20.5. The van der Waals surface area contributed by atoms with Crippen molar-refractivity contribution in [2.24, 2.45) is 0 Å². The van der Waals surface area contributed by atoms with Gasteiger partial charge in [0.1, 0.15) is 12.1 Å². The Kier molecular flexibility index (Phi) is 7.07. The number of fused-ring (bicyclic) bond motifs is 1. The van der Waals surface area contributed by atoms with E-state index < -0.39 is 17.6 Å². The number of aryl methyl sites for hydroxylation is 1. The smallest absolute Gasteiger partial charge is 0.399 e. The number of nitrogens with zero attached hydrogens (tertiary/aromatic N) is 3. The predicted molar refractivity (Wildman–Crippen MR) is 146 cm³/mol. The molecule has 5 rings (SSSR count). The SMILES string of the molecule is Cc1ccc2c(Nc3cc(NC(=O)c4cccc(C(F)(F)F)c4)ccc3Sc3ccc(N)cc3)ncnc2n1. The fraction of sp³-hybridized carbons (Fsp3) is 0.0714. The second-order valence-electron chi connectivity index (χ2n) is 8.59. The molecular weight excluding hydrogens is 525 g/mol. The Hall–Kier alpha value is -4.64. The largest absolute Gasteiger partial charge is 0.416 e. The van der Waals surface area contributed by atoms with Gasteiger partial charge in [-0.25, -0.2) is 15.0 Å². The third-order valence-electron chi connectivity index (χ3n) is 5.69. The van der Waals surface area contributed by atoms with Gasteiger partial charge in [0.05, 0.1) is 16.6 Å². The lowest BCUT2D eigenvalue weighted by Gasteiger charge is -2.15. The van der Waals surface area contributed by atoms with Gasteiger partial charge in [0.15, 0.2) is 5.65 Å². The second kappa shape index (κ2) is 10.6. The van der Waals surface area contributed by atoms with Crippen LogP contribution in [0.4, 0.5) is 36.1 Å². The fourth-order valence-corrected chi connectivity index (χ4v) is 4.64. The van der Waals surface area contributed by atoms with E-state index in [-0.39, 0.29) is 5.56 Å². The minimum atomic E-state index is -4.55. The summed E-state index contributed by atoms with van der Waals surface area (Å²) in [5.74, 6) is -0.161. The molecule has 5 aromatic rings. The van der Waals surface area contributed by atoms with Crippen LogP contribution in [0.25, 0.3) is 11.0 Å². The van der Waals surface area contributed by atoms with E-state index in [0.717, 1.165) is 27.6 Å². The van der Waals surface area contributed by atoms with Crippen LogP contribution in [0.3, 0.4) is 0 Å². The zero-order valence-corrected chi connectivity index (χ0v) is 21.3. The molecule has 0 radical (unpaired) electrons. The number of carbonyl (C=O) groups is 1. The number of halogens is 3. The number of nitrogen functional groups attached to an aromatic ring is 1. The van der Waals surface area contributed by atoms with Crippen molar-refractivity contribution in [2.75, 3.05) is 16.4 Å². The molecule has 0 saturated carbocycles. The van der Waals surface area contributed by atoms with Crippen LogP contribution in [0.15, 0.2) is 95.0 Å². The molecule has 7 nitrogen and oxygen atoms in total. The van der Waals surface area contributed by atoms with Crippen LogP contribution in [0.2, 0.25) is 0 Å². The topological polar surface area (TPSA) is 106 Å². The third-order valence-corrected chi connectivity index (χ3v) is 6.77. The Balaban J connectivity index is 1.49. The first-order valence-corrected chi connectivity index (χ1v) is 12.5. The highest BCUT2D eigenvalue weighted by Crippen LogP contribution is 2.38. The van der Waals surface area contributed by atoms with E-state index in [2.05, 4.69) is 25.6 Å². The van der Waals surface area contributed by atoms with Crippen molar-refractivity contribution in [1.82, 2.24) is 15.0 Å². The molecule has 2 aromatic heterocycles. The summed E-state index contributed by atoms with van der Waals surface area (Å²) in [5.41, 5.74) is 7.78. The quantitative estimate of drug-likeness (QED) is 0.195. The van der Waals surface area contributed by atoms with Gasteiger partial charge in [-0.15, -0.1) is 0 Å². The molecule has 0 unspecified atom stereocenters. The normalized spacial score (nSPS) is 11.4. The van der Waals surface area contributed by atoms with Gasteiger partial charge < -0.3 is 16.4 Å². The van der Waals surface area contributed by atoms with Crippen molar-refractivity contribution in [3.8, 4) is 0 Å². The Bertz CT molecular complexity index is 1680. The summed E-state index contributed by atoms with van der Waals surface area (Å²) in [6.07, 6.45) is -3.15. The van der Waals surface area contributed by atoms with Crippen molar-refractivity contribution in [1.29, 1.82) is 0 Å². The summed E-state index contributed by atoms with van der Waals surface area (Å²) in [6.45, 7) is 1.87. The van der Waals surface area contributed by atoms with Gasteiger partial charge >= 0.3 is 6.18 Å². The monoisotopic (exact) mass is 546 g/mol. The van der Waals surface area contributed by atoms with Crippen molar-refractivity contribution in [3.63, 3.8) is 0 Å². The van der Waals surface area contributed by atoms with Crippen molar-refractivity contribution >= 4 is 51.6 Å². The van der Waals surface area contributed by atoms with Crippen LogP contribution in [0.5, 0.6) is 0 Å². The van der Waals surface area contributed by atoms with Crippen LogP contribution in [0.1, 0.15) is 21.6 Å². The maximum atomic E-state index is 13.1. The summed E-state index contributed by atoms with van der Waals surface area (Å²) in [5, 5.41) is 6.70. The van der Waals surface area contributed by atoms with Gasteiger partial charge in [-0.2, -0.15) is 13.2 Å². The van der Waals surface area contributed by atoms with Crippen molar-refractivity contribution in [3.05, 3.63) is 102 Å². The molecule has 1 amide bonds. The molecule has 0 saturated heterocycles. The number of hydrogen-bond acceptors (Lipinski definition) is 7. The Morgan fingerprint density at radius 1 is 0.949 bits per heavy atom. The van der Waals surface area contributed by atoms with Gasteiger partial charge in [0.2, 0.25) is 0 Å². The summed E-state index contributed by atoms with van der Waals surface area (Å²) in [4.78, 5) is 27.6. The number of carbonyl (C=O) groups excluding carboxylic acids is 1. The molecule has 2 heterocycles. The van der Waals surface area contributed by atoms with Gasteiger partial charge in [0.25, 0.3) is 5.91 Å². The van der Waals surface area contributed by atoms with E-state index in [1.165, 1.54) is 30.2 Å². The first kappa shape index (κ1) is 26.0. The van der Waals surface area contributed by atoms with Crippen LogP contribution in [-0.2, 0) is 6.18 Å². The molecule has 0 fully saturated rings. The number of amides is 1. The number of anilines is 4. The number of pyridine rings is 1. The highest BCUT2D eigenvalue weighted by molar-refractivity contribution is 7.99. The first-order chi connectivity index (χ1) is 18.7. The highest BCUT2D eigenvalue weighted by Gasteiger charge is 2.31. The fourth-order valence-electron chi connectivity index (χ4n) is 3.76. The number of rotatable bonds is 6. The highest BCUT2D eigenvalue weighted by atomic mass is 32.2. The van der Waals surface area contributed by atoms with E-state index in [1.54, 1.807) is 30.3 Å². The molecule has 4 N–H and O–H groups in total. The maximum Gasteiger partial charge on any atom is 0.416 e. The maximum absolute atomic E-state index is 13.1. The van der Waals surface area contributed by atoms with E-state index in [9.17, 15) is 18.0 Å². The Morgan fingerprint density at radius 2 is 1.74 bits per heavy atom. The lowest BCUT2D eigenvalue weighted by atomic mass is 10.1. The molecule has 196 valence electrons. The molecule has 0 bridgehead atoms. The minimum Gasteiger partial charge on any atom is -0.399 e. The molecule has 0 atom stereocenters. The zero-order valence-electron chi connectivity index (χ0n) is 20.5. The molecule has 39 heavy (non-hydrogen) atoms. The second-order valence-corrected chi connectivity index (χ2v) is 9.70. The zero-order chi connectivity index (χ0) is 27.6. The number of benzene rings is 3. The van der Waals surface area contributed by atoms with Crippen LogP contribution < -0.4 is 16.4 Å². The summed E-state index contributed by atoms with van der Waals surface area (Å²) < 4.78 is 39.4. The van der Waals surface area contributed by atoms with Crippen LogP contribution in [-0.4, -0.2) is 20.9 Å². The number of hydrogen-bond donors (Lipinski definition) is 3. The summed E-state index contributed by atoms with van der Waals surface area (Å²) in [7, 11) is 0. The number of nitrogens with two attached hydrogens (primary N) is 1. The predicted octanol–water partition coefficient (Wildman–Crippen LogP) is 7.08. The van der Waals surface area contributed by atoms with E-state index in [4.69, 9.17) is 5.73 Å². The molecular formula is C28H21F3N6OS. The van der Waals surface area contributed by atoms with E-state index in [1.807, 2.05) is 31.2 Å². The lowest BCUT2D eigenvalue weighted by molar-refractivity contribution is -0.137. The molecule has 0 spiro atoms.